The summed E-state index contributed by atoms with van der Waals surface area (Å²) in [6.45, 7) is 0.249. The first kappa shape index (κ1) is 25.4. The largest absolute Gasteiger partial charge is 0.365 e. The second-order valence-corrected chi connectivity index (χ2v) is 10.4. The molecule has 0 spiro atoms. The van der Waals surface area contributed by atoms with Crippen LogP contribution in [0.4, 0.5) is 5.82 Å². The SMILES string of the molecule is O=CCn1c(C#Cc2ccccc2)c(-c2cc(NCc3ccc(Cl)s3)n(C(=O)c3cnsc3)n2)ccc1=O. The first-order valence-electron chi connectivity index (χ1n) is 11.3. The maximum Gasteiger partial charge on any atom is 0.282 e. The van der Waals surface area contributed by atoms with Gasteiger partial charge in [0.1, 0.15) is 17.8 Å². The van der Waals surface area contributed by atoms with Gasteiger partial charge in [-0.2, -0.15) is 9.78 Å². The molecule has 0 unspecified atom stereocenters. The molecule has 38 heavy (non-hydrogen) atoms. The predicted octanol–water partition coefficient (Wildman–Crippen LogP) is 4.78. The van der Waals surface area contributed by atoms with Crippen molar-refractivity contribution >= 4 is 52.5 Å². The minimum Gasteiger partial charge on any atom is -0.365 e. The van der Waals surface area contributed by atoms with E-state index in [2.05, 4.69) is 26.6 Å². The summed E-state index contributed by atoms with van der Waals surface area (Å²) in [5.41, 5.74) is 2.00. The molecule has 0 saturated carbocycles. The van der Waals surface area contributed by atoms with Crippen LogP contribution >= 0.6 is 34.5 Å². The zero-order chi connectivity index (χ0) is 26.5. The summed E-state index contributed by atoms with van der Waals surface area (Å²) in [4.78, 5) is 38.3. The Kier molecular flexibility index (Phi) is 7.60. The zero-order valence-electron chi connectivity index (χ0n) is 19.6. The highest BCUT2D eigenvalue weighted by molar-refractivity contribution is 7.16. The number of anilines is 1. The van der Waals surface area contributed by atoms with Crippen molar-refractivity contribution in [1.29, 1.82) is 0 Å². The summed E-state index contributed by atoms with van der Waals surface area (Å²) >= 11 is 8.66. The third kappa shape index (κ3) is 5.50. The van der Waals surface area contributed by atoms with Gasteiger partial charge in [0.15, 0.2) is 0 Å². The highest BCUT2D eigenvalue weighted by Crippen LogP contribution is 2.27. The van der Waals surface area contributed by atoms with Gasteiger partial charge < -0.3 is 10.1 Å². The molecule has 0 amide bonds. The van der Waals surface area contributed by atoms with Crippen molar-refractivity contribution < 1.29 is 9.59 Å². The first-order chi connectivity index (χ1) is 18.5. The molecular formula is C27H18ClN5O3S2. The summed E-state index contributed by atoms with van der Waals surface area (Å²) in [6.07, 6.45) is 2.13. The lowest BCUT2D eigenvalue weighted by Crippen LogP contribution is -2.23. The van der Waals surface area contributed by atoms with E-state index in [1.54, 1.807) is 17.5 Å². The van der Waals surface area contributed by atoms with Crippen LogP contribution in [0.3, 0.4) is 0 Å². The van der Waals surface area contributed by atoms with Gasteiger partial charge in [-0.25, -0.2) is 4.37 Å². The van der Waals surface area contributed by atoms with Gasteiger partial charge in [-0.3, -0.25) is 14.2 Å². The molecule has 0 radical (unpaired) electrons. The number of hydrogen-bond acceptors (Lipinski definition) is 8. The fourth-order valence-electron chi connectivity index (χ4n) is 3.68. The molecule has 1 aromatic carbocycles. The number of halogens is 1. The highest BCUT2D eigenvalue weighted by Gasteiger charge is 2.20. The summed E-state index contributed by atoms with van der Waals surface area (Å²) in [6, 6.07) is 17.7. The molecule has 8 nitrogen and oxygen atoms in total. The van der Waals surface area contributed by atoms with Gasteiger partial charge in [-0.1, -0.05) is 35.7 Å². The Hall–Kier alpha value is -4.30. The molecule has 4 heterocycles. The number of thiophene rings is 1. The van der Waals surface area contributed by atoms with Gasteiger partial charge in [0.2, 0.25) is 0 Å². The van der Waals surface area contributed by atoms with E-state index < -0.39 is 0 Å². The van der Waals surface area contributed by atoms with Gasteiger partial charge >= 0.3 is 0 Å². The predicted molar refractivity (Wildman–Crippen MR) is 149 cm³/mol. The van der Waals surface area contributed by atoms with Crippen LogP contribution in [0.15, 0.2) is 77.0 Å². The Morgan fingerprint density at radius 3 is 2.66 bits per heavy atom. The molecule has 1 N–H and O–H groups in total. The quantitative estimate of drug-likeness (QED) is 0.227. The van der Waals surface area contributed by atoms with Crippen LogP contribution in [0.2, 0.25) is 4.34 Å². The van der Waals surface area contributed by atoms with Crippen LogP contribution in [0, 0.1) is 11.8 Å². The summed E-state index contributed by atoms with van der Waals surface area (Å²) < 4.78 is 7.24. The Balaban J connectivity index is 1.62. The number of nitrogens with one attached hydrogen (secondary N) is 1. The molecule has 0 aliphatic carbocycles. The number of nitrogens with zero attached hydrogens (tertiary/aromatic N) is 4. The fraction of sp³-hybridized carbons (Fsp3) is 0.0741. The number of carbonyl (C=O) groups is 2. The summed E-state index contributed by atoms with van der Waals surface area (Å²) in [5.74, 6) is 6.17. The number of carbonyl (C=O) groups excluding carboxylic acids is 2. The topological polar surface area (TPSA) is 98.9 Å². The molecule has 0 atom stereocenters. The van der Waals surface area contributed by atoms with Gasteiger partial charge in [0.25, 0.3) is 11.5 Å². The Morgan fingerprint density at radius 1 is 1.11 bits per heavy atom. The van der Waals surface area contributed by atoms with Crippen LogP contribution < -0.4 is 10.9 Å². The molecule has 5 aromatic rings. The Labute approximate surface area is 230 Å². The lowest BCUT2D eigenvalue weighted by Gasteiger charge is -2.09. The number of benzene rings is 1. The second-order valence-electron chi connectivity index (χ2n) is 7.93. The van der Waals surface area contributed by atoms with Crippen molar-refractivity contribution in [1.82, 2.24) is 18.7 Å². The summed E-state index contributed by atoms with van der Waals surface area (Å²) in [5, 5.41) is 9.49. The average molecular weight is 560 g/mol. The minimum absolute atomic E-state index is 0.171. The third-order valence-corrected chi connectivity index (χ3v) is 7.29. The zero-order valence-corrected chi connectivity index (χ0v) is 22.0. The van der Waals surface area contributed by atoms with E-state index in [1.807, 2.05) is 42.5 Å². The number of hydrogen-bond donors (Lipinski definition) is 1. The molecular weight excluding hydrogens is 542 g/mol. The lowest BCUT2D eigenvalue weighted by molar-refractivity contribution is -0.108. The van der Waals surface area contributed by atoms with Crippen LogP contribution in [0.5, 0.6) is 0 Å². The van der Waals surface area contributed by atoms with E-state index >= 15 is 0 Å². The van der Waals surface area contributed by atoms with Crippen LogP contribution in [0.25, 0.3) is 11.3 Å². The minimum atomic E-state index is -0.369. The molecule has 188 valence electrons. The Morgan fingerprint density at radius 2 is 1.95 bits per heavy atom. The standard InChI is InChI=1S/C27H18ClN5O3S2/c28-24-10-7-20(38-24)16-29-25-14-22(31-33(25)27(36)19-15-30-37-17-19)21-8-11-26(35)32(12-13-34)23(21)9-6-18-4-2-1-3-5-18/h1-5,7-8,10-11,13-15,17,29H,12,16H2. The molecule has 4 aromatic heterocycles. The molecule has 0 fully saturated rings. The van der Waals surface area contributed by atoms with Crippen LogP contribution in [-0.4, -0.2) is 30.9 Å². The average Bonchev–Trinajstić information content (AvgIpc) is 3.69. The van der Waals surface area contributed by atoms with Gasteiger partial charge in [0, 0.05) is 33.5 Å². The number of rotatable bonds is 7. The molecule has 11 heteroatoms. The van der Waals surface area contributed by atoms with Crippen molar-refractivity contribution in [2.75, 3.05) is 5.32 Å². The maximum absolute atomic E-state index is 13.3. The summed E-state index contributed by atoms with van der Waals surface area (Å²) in [7, 11) is 0. The smallest absolute Gasteiger partial charge is 0.282 e. The third-order valence-electron chi connectivity index (χ3n) is 5.47. The first-order valence-corrected chi connectivity index (χ1v) is 13.3. The number of aromatic nitrogens is 4. The highest BCUT2D eigenvalue weighted by atomic mass is 35.5. The van der Waals surface area contributed by atoms with Crippen molar-refractivity contribution in [2.24, 2.45) is 0 Å². The van der Waals surface area contributed by atoms with E-state index in [0.717, 1.165) is 10.4 Å². The van der Waals surface area contributed by atoms with E-state index in [9.17, 15) is 14.4 Å². The van der Waals surface area contributed by atoms with Crippen molar-refractivity contribution in [3.05, 3.63) is 109 Å². The molecule has 0 bridgehead atoms. The maximum atomic E-state index is 13.3. The monoisotopic (exact) mass is 559 g/mol. The fourth-order valence-corrected chi connectivity index (χ4v) is 5.22. The van der Waals surface area contributed by atoms with Crippen molar-refractivity contribution in [3.8, 4) is 23.1 Å². The molecule has 5 rings (SSSR count). The van der Waals surface area contributed by atoms with Crippen molar-refractivity contribution in [3.63, 3.8) is 0 Å². The van der Waals surface area contributed by atoms with E-state index in [0.29, 0.717) is 45.5 Å². The molecule has 0 aliphatic heterocycles. The van der Waals surface area contributed by atoms with Crippen molar-refractivity contribution in [2.45, 2.75) is 13.1 Å². The van der Waals surface area contributed by atoms with E-state index in [4.69, 9.17) is 11.6 Å². The number of aldehydes is 1. The van der Waals surface area contributed by atoms with E-state index in [-0.39, 0.29) is 18.0 Å². The van der Waals surface area contributed by atoms with Gasteiger partial charge in [-0.05, 0) is 47.8 Å². The Bertz CT molecular complexity index is 1730. The van der Waals surface area contributed by atoms with Crippen LogP contribution in [-0.2, 0) is 17.9 Å². The van der Waals surface area contributed by atoms with Gasteiger partial charge in [0.05, 0.1) is 34.9 Å². The second kappa shape index (κ2) is 11.4. The number of pyridine rings is 1. The molecule has 0 aliphatic rings. The van der Waals surface area contributed by atoms with E-state index in [1.165, 1.54) is 44.4 Å². The van der Waals surface area contributed by atoms with Crippen LogP contribution in [0.1, 0.15) is 26.5 Å². The molecule has 0 saturated heterocycles. The van der Waals surface area contributed by atoms with Gasteiger partial charge in [-0.15, -0.1) is 11.3 Å². The lowest BCUT2D eigenvalue weighted by atomic mass is 10.1. The normalized spacial score (nSPS) is 10.6.